The third-order valence-corrected chi connectivity index (χ3v) is 10.1. The minimum absolute atomic E-state index is 0.0142. The molecule has 256 valence electrons. The molecule has 0 saturated carbocycles. The maximum Gasteiger partial charge on any atom is 0.149 e. The Kier molecular flexibility index (Phi) is 8.06. The van der Waals surface area contributed by atoms with E-state index < -0.39 is 0 Å². The summed E-state index contributed by atoms with van der Waals surface area (Å²) in [7, 11) is 0. The molecule has 0 amide bonds. The van der Waals surface area contributed by atoms with Crippen LogP contribution >= 0.6 is 0 Å². The van der Waals surface area contributed by atoms with E-state index in [9.17, 15) is 5.11 Å². The zero-order valence-corrected chi connectivity index (χ0v) is 30.6. The molecule has 4 heteroatoms. The second-order valence-corrected chi connectivity index (χ2v) is 15.8. The number of nitrogens with zero attached hydrogens (tertiary/aromatic N) is 3. The molecule has 2 aromatic heterocycles. The Morgan fingerprint density at radius 2 is 1.19 bits per heavy atom. The zero-order chi connectivity index (χ0) is 36.2. The number of pyridine rings is 1. The van der Waals surface area contributed by atoms with E-state index in [1.807, 2.05) is 42.6 Å². The van der Waals surface area contributed by atoms with Gasteiger partial charge in [-0.05, 0) is 98.8 Å². The number of phenols is 1. The average Bonchev–Trinajstić information content (AvgIpc) is 3.54. The minimum Gasteiger partial charge on any atom is -0.507 e. The van der Waals surface area contributed by atoms with E-state index in [0.29, 0.717) is 11.4 Å². The van der Waals surface area contributed by atoms with Crippen molar-refractivity contribution >= 4 is 21.9 Å². The highest BCUT2D eigenvalue weighted by molar-refractivity contribution is 5.99. The largest absolute Gasteiger partial charge is 0.507 e. The molecule has 8 aromatic rings. The van der Waals surface area contributed by atoms with Gasteiger partial charge in [0.25, 0.3) is 0 Å². The summed E-state index contributed by atoms with van der Waals surface area (Å²) in [5, 5.41) is 12.6. The van der Waals surface area contributed by atoms with E-state index in [1.165, 1.54) is 11.1 Å². The van der Waals surface area contributed by atoms with Gasteiger partial charge in [-0.3, -0.25) is 9.55 Å². The molecular formula is C48H43N3O. The van der Waals surface area contributed by atoms with Crippen molar-refractivity contribution < 1.29 is 5.11 Å². The monoisotopic (exact) mass is 677 g/mol. The first-order valence-corrected chi connectivity index (χ1v) is 18.0. The summed E-state index contributed by atoms with van der Waals surface area (Å²) in [6.07, 6.45) is 1.87. The summed E-state index contributed by atoms with van der Waals surface area (Å²) in [4.78, 5) is 10.2. The van der Waals surface area contributed by atoms with Gasteiger partial charge in [-0.1, -0.05) is 126 Å². The highest BCUT2D eigenvalue weighted by atomic mass is 16.3. The highest BCUT2D eigenvalue weighted by Gasteiger charge is 2.22. The van der Waals surface area contributed by atoms with Crippen molar-refractivity contribution in [1.29, 1.82) is 0 Å². The van der Waals surface area contributed by atoms with E-state index in [1.54, 1.807) is 6.07 Å². The summed E-state index contributed by atoms with van der Waals surface area (Å²) in [6.45, 7) is 13.4. The lowest BCUT2D eigenvalue weighted by atomic mass is 9.84. The predicted octanol–water partition coefficient (Wildman–Crippen LogP) is 12.5. The van der Waals surface area contributed by atoms with Crippen LogP contribution in [0.1, 0.15) is 52.7 Å². The van der Waals surface area contributed by atoms with Crippen molar-refractivity contribution in [3.8, 4) is 56.2 Å². The molecule has 2 heterocycles. The number of phenolic OH excluding ortho intramolecular Hbond substituents is 1. The first kappa shape index (κ1) is 33.2. The number of aromatic nitrogens is 3. The van der Waals surface area contributed by atoms with E-state index >= 15 is 0 Å². The molecule has 6 aromatic carbocycles. The summed E-state index contributed by atoms with van der Waals surface area (Å²) in [6, 6.07) is 48.6. The summed E-state index contributed by atoms with van der Waals surface area (Å²) in [5.41, 5.74) is 13.4. The second kappa shape index (κ2) is 12.6. The fourth-order valence-corrected chi connectivity index (χ4v) is 7.11. The maximum atomic E-state index is 11.4. The number of hydrogen-bond donors (Lipinski definition) is 1. The van der Waals surface area contributed by atoms with E-state index in [4.69, 9.17) is 9.97 Å². The molecule has 1 N–H and O–H groups in total. The van der Waals surface area contributed by atoms with Crippen molar-refractivity contribution in [3.05, 3.63) is 157 Å². The van der Waals surface area contributed by atoms with Crippen LogP contribution in [0.3, 0.4) is 0 Å². The van der Waals surface area contributed by atoms with Gasteiger partial charge in [-0.2, -0.15) is 0 Å². The van der Waals surface area contributed by atoms with Gasteiger partial charge in [0.1, 0.15) is 11.6 Å². The van der Waals surface area contributed by atoms with Crippen LogP contribution in [0.4, 0.5) is 0 Å². The molecule has 0 bridgehead atoms. The van der Waals surface area contributed by atoms with Crippen LogP contribution in [0, 0.1) is 0 Å². The average molecular weight is 678 g/mol. The standard InChI is InChI=1S/C48H43N3O/c1-47(2,3)36-21-23-38(24-22-36)51-42-19-11-18-39(45(42)50-46(51)41-29-32(20-25-43(41)52)31-13-8-7-9-14-31)33-15-10-16-34(27-33)40-30-37(48(4,5)6)28-35-17-12-26-49-44(35)40/h7-30,52H,1-6H3. The van der Waals surface area contributed by atoms with Gasteiger partial charge >= 0.3 is 0 Å². The van der Waals surface area contributed by atoms with Gasteiger partial charge in [0.15, 0.2) is 0 Å². The SMILES string of the molecule is CC(C)(C)c1ccc(-n2c(-c3cc(-c4ccccc4)ccc3O)nc3c(-c4cccc(-c5cc(C(C)(C)C)cc6cccnc56)c4)cccc32)cc1. The Labute approximate surface area is 306 Å². The molecule has 52 heavy (non-hydrogen) atoms. The molecular weight excluding hydrogens is 635 g/mol. The second-order valence-electron chi connectivity index (χ2n) is 15.8. The van der Waals surface area contributed by atoms with Gasteiger partial charge in [0.05, 0.1) is 22.1 Å². The van der Waals surface area contributed by atoms with Gasteiger partial charge in [-0.15, -0.1) is 0 Å². The minimum atomic E-state index is -0.0142. The van der Waals surface area contributed by atoms with Crippen LogP contribution in [-0.2, 0) is 10.8 Å². The summed E-state index contributed by atoms with van der Waals surface area (Å²) < 4.78 is 2.18. The van der Waals surface area contributed by atoms with Crippen molar-refractivity contribution in [1.82, 2.24) is 14.5 Å². The van der Waals surface area contributed by atoms with Crippen LogP contribution in [0.15, 0.2) is 146 Å². The molecule has 0 unspecified atom stereocenters. The van der Waals surface area contributed by atoms with Crippen molar-refractivity contribution in [3.63, 3.8) is 0 Å². The predicted molar refractivity (Wildman–Crippen MR) is 217 cm³/mol. The zero-order valence-electron chi connectivity index (χ0n) is 30.6. The van der Waals surface area contributed by atoms with Crippen LogP contribution in [0.2, 0.25) is 0 Å². The van der Waals surface area contributed by atoms with E-state index in [-0.39, 0.29) is 16.6 Å². The normalized spacial score (nSPS) is 12.1. The fraction of sp³-hybridized carbons (Fsp3) is 0.167. The Bertz CT molecular complexity index is 2580. The van der Waals surface area contributed by atoms with Crippen molar-refractivity contribution in [2.24, 2.45) is 0 Å². The van der Waals surface area contributed by atoms with Gasteiger partial charge < -0.3 is 5.11 Å². The summed E-state index contributed by atoms with van der Waals surface area (Å²) in [5.74, 6) is 0.870. The summed E-state index contributed by atoms with van der Waals surface area (Å²) >= 11 is 0. The third-order valence-electron chi connectivity index (χ3n) is 10.1. The molecule has 8 rings (SSSR count). The van der Waals surface area contributed by atoms with E-state index in [2.05, 4.69) is 143 Å². The Balaban J connectivity index is 1.35. The fourth-order valence-electron chi connectivity index (χ4n) is 7.11. The molecule has 0 aliphatic heterocycles. The Morgan fingerprint density at radius 3 is 1.92 bits per heavy atom. The van der Waals surface area contributed by atoms with Gasteiger partial charge in [0.2, 0.25) is 0 Å². The van der Waals surface area contributed by atoms with Gasteiger partial charge in [-0.25, -0.2) is 4.98 Å². The molecule has 0 atom stereocenters. The lowest BCUT2D eigenvalue weighted by Crippen LogP contribution is -2.11. The number of hydrogen-bond acceptors (Lipinski definition) is 3. The topological polar surface area (TPSA) is 50.9 Å². The Hall–Kier alpha value is -6.00. The molecule has 4 nitrogen and oxygen atoms in total. The molecule has 0 saturated heterocycles. The maximum absolute atomic E-state index is 11.4. The quantitative estimate of drug-likeness (QED) is 0.197. The van der Waals surface area contributed by atoms with E-state index in [0.717, 1.165) is 61.0 Å². The van der Waals surface area contributed by atoms with Crippen LogP contribution in [0.25, 0.3) is 72.4 Å². The molecule has 0 radical (unpaired) electrons. The molecule has 0 fully saturated rings. The highest BCUT2D eigenvalue weighted by Crippen LogP contribution is 2.41. The number of benzene rings is 6. The van der Waals surface area contributed by atoms with Crippen molar-refractivity contribution in [2.75, 3.05) is 0 Å². The molecule has 0 aliphatic rings. The number of rotatable bonds is 5. The first-order chi connectivity index (χ1) is 25.0. The van der Waals surface area contributed by atoms with Gasteiger partial charge in [0, 0.05) is 28.4 Å². The van der Waals surface area contributed by atoms with Crippen LogP contribution in [-0.4, -0.2) is 19.6 Å². The molecule has 0 aliphatic carbocycles. The van der Waals surface area contributed by atoms with Crippen molar-refractivity contribution in [2.45, 2.75) is 52.4 Å². The number of para-hydroxylation sites is 1. The molecule has 0 spiro atoms. The first-order valence-electron chi connectivity index (χ1n) is 18.0. The smallest absolute Gasteiger partial charge is 0.149 e. The Morgan fingerprint density at radius 1 is 0.500 bits per heavy atom. The van der Waals surface area contributed by atoms with Crippen LogP contribution < -0.4 is 0 Å². The lowest BCUT2D eigenvalue weighted by Gasteiger charge is -2.21. The number of imidazole rings is 1. The number of aromatic hydroxyl groups is 1. The third kappa shape index (κ3) is 6.05. The number of fused-ring (bicyclic) bond motifs is 2. The lowest BCUT2D eigenvalue weighted by molar-refractivity contribution is 0.477. The van der Waals surface area contributed by atoms with Crippen LogP contribution in [0.5, 0.6) is 5.75 Å².